The SMILES string of the molecule is O=C(Nc1ccc(Cl)cc1)c1cc(S(=O)(=O)Nc2n[nH]c(=O)[nH]2)c(SSc2cc(Cl)c(C(=O)Nc3ccc(Cl)cc3)cc2S(=O)(=O)Nc2n[nH]c(=O)[nH]2)cc1Cl. The molecule has 2 amide bonds. The number of benzene rings is 4. The van der Waals surface area contributed by atoms with Crippen LogP contribution in [0.4, 0.5) is 23.3 Å². The predicted octanol–water partition coefficient (Wildman–Crippen LogP) is 6.03. The minimum absolute atomic E-state index is 0.137. The van der Waals surface area contributed by atoms with Gasteiger partial charge in [-0.15, -0.1) is 10.2 Å². The van der Waals surface area contributed by atoms with Crippen molar-refractivity contribution in [1.82, 2.24) is 30.4 Å². The fourth-order valence-corrected chi connectivity index (χ4v) is 10.9. The van der Waals surface area contributed by atoms with E-state index in [2.05, 4.69) is 40.2 Å². The van der Waals surface area contributed by atoms with E-state index in [0.717, 1.165) is 24.3 Å². The number of anilines is 4. The number of carbonyl (C=O) groups is 2. The van der Waals surface area contributed by atoms with Crippen molar-refractivity contribution in [2.75, 3.05) is 20.1 Å². The molecule has 0 atom stereocenters. The zero-order valence-corrected chi connectivity index (χ0v) is 33.5. The van der Waals surface area contributed by atoms with Crippen molar-refractivity contribution in [2.45, 2.75) is 19.6 Å². The summed E-state index contributed by atoms with van der Waals surface area (Å²) in [6, 6.07) is 16.3. The van der Waals surface area contributed by atoms with Crippen molar-refractivity contribution < 1.29 is 26.4 Å². The van der Waals surface area contributed by atoms with E-state index in [1.165, 1.54) is 48.5 Å². The van der Waals surface area contributed by atoms with E-state index in [0.29, 0.717) is 43.0 Å². The molecule has 6 aromatic rings. The summed E-state index contributed by atoms with van der Waals surface area (Å²) in [6.07, 6.45) is 0. The highest BCUT2D eigenvalue weighted by atomic mass is 35.5. The molecule has 0 aliphatic carbocycles. The predicted molar refractivity (Wildman–Crippen MR) is 213 cm³/mol. The average Bonchev–Trinajstić information content (AvgIpc) is 3.74. The first-order chi connectivity index (χ1) is 26.5. The van der Waals surface area contributed by atoms with Gasteiger partial charge in [0.1, 0.15) is 9.79 Å². The topological polar surface area (TPSA) is 274 Å². The molecule has 0 spiro atoms. The Bertz CT molecular complexity index is 2640. The molecule has 0 unspecified atom stereocenters. The molecule has 0 saturated carbocycles. The number of nitrogens with one attached hydrogen (secondary N) is 8. The van der Waals surface area contributed by atoms with E-state index in [9.17, 15) is 36.0 Å². The first-order valence-electron chi connectivity index (χ1n) is 15.0. The maximum Gasteiger partial charge on any atom is 0.342 e. The Hall–Kier alpha value is -4.94. The number of rotatable bonds is 13. The van der Waals surface area contributed by atoms with Crippen LogP contribution in [0.3, 0.4) is 0 Å². The van der Waals surface area contributed by atoms with Crippen molar-refractivity contribution in [2.24, 2.45) is 0 Å². The van der Waals surface area contributed by atoms with E-state index in [-0.39, 0.29) is 31.0 Å². The molecule has 0 saturated heterocycles. The largest absolute Gasteiger partial charge is 0.342 e. The average molecular weight is 919 g/mol. The van der Waals surface area contributed by atoms with E-state index >= 15 is 0 Å². The molecule has 26 heteroatoms. The first kappa shape index (κ1) is 40.7. The van der Waals surface area contributed by atoms with Crippen molar-refractivity contribution in [3.63, 3.8) is 0 Å². The number of amides is 2. The van der Waals surface area contributed by atoms with Gasteiger partial charge in [-0.25, -0.2) is 46.1 Å². The fourth-order valence-electron chi connectivity index (χ4n) is 4.52. The maximum absolute atomic E-state index is 13.8. The van der Waals surface area contributed by atoms with Crippen LogP contribution in [0.15, 0.2) is 102 Å². The number of sulfonamides is 2. The van der Waals surface area contributed by atoms with Crippen LogP contribution < -0.4 is 31.5 Å². The smallest absolute Gasteiger partial charge is 0.322 e. The Labute approximate surface area is 342 Å². The van der Waals surface area contributed by atoms with Crippen LogP contribution in [0.5, 0.6) is 0 Å². The highest BCUT2D eigenvalue weighted by Crippen LogP contribution is 2.46. The number of aromatic amines is 4. The molecule has 2 aromatic heterocycles. The van der Waals surface area contributed by atoms with Gasteiger partial charge < -0.3 is 10.6 Å². The summed E-state index contributed by atoms with van der Waals surface area (Å²) in [4.78, 5) is 52.9. The summed E-state index contributed by atoms with van der Waals surface area (Å²) in [5, 5.41) is 16.7. The normalized spacial score (nSPS) is 11.6. The molecule has 0 fully saturated rings. The van der Waals surface area contributed by atoms with Crippen LogP contribution in [-0.4, -0.2) is 59.0 Å². The number of hydrogen-bond donors (Lipinski definition) is 8. The summed E-state index contributed by atoms with van der Waals surface area (Å²) >= 11 is 24.9. The van der Waals surface area contributed by atoms with Gasteiger partial charge in [0.25, 0.3) is 31.9 Å². The molecular formula is C30H20Cl4N10O8S4. The summed E-state index contributed by atoms with van der Waals surface area (Å²) in [5.74, 6) is -2.59. The van der Waals surface area contributed by atoms with Crippen molar-refractivity contribution >= 4 is 123 Å². The molecule has 0 radical (unpaired) electrons. The van der Waals surface area contributed by atoms with E-state index < -0.39 is 64.9 Å². The third-order valence-corrected chi connectivity index (χ3v) is 13.6. The van der Waals surface area contributed by atoms with E-state index in [1.807, 2.05) is 10.2 Å². The van der Waals surface area contributed by atoms with Gasteiger partial charge in [0, 0.05) is 31.2 Å². The van der Waals surface area contributed by atoms with E-state index in [1.54, 1.807) is 0 Å². The molecule has 0 aliphatic rings. The maximum atomic E-state index is 13.8. The Kier molecular flexibility index (Phi) is 12.1. The second kappa shape index (κ2) is 16.7. The second-order valence-electron chi connectivity index (χ2n) is 10.9. The molecule has 8 N–H and O–H groups in total. The Morgan fingerprint density at radius 3 is 1.25 bits per heavy atom. The molecule has 290 valence electrons. The lowest BCUT2D eigenvalue weighted by Gasteiger charge is -2.16. The minimum Gasteiger partial charge on any atom is -0.322 e. The molecule has 0 bridgehead atoms. The van der Waals surface area contributed by atoms with Gasteiger partial charge >= 0.3 is 11.4 Å². The number of halogens is 4. The Balaban J connectivity index is 1.40. The number of aromatic nitrogens is 6. The van der Waals surface area contributed by atoms with Gasteiger partial charge in [0.2, 0.25) is 11.9 Å². The molecule has 2 heterocycles. The van der Waals surface area contributed by atoms with Gasteiger partial charge in [0.15, 0.2) is 0 Å². The van der Waals surface area contributed by atoms with Gasteiger partial charge in [-0.1, -0.05) is 68.0 Å². The quantitative estimate of drug-likeness (QED) is 0.0617. The Morgan fingerprint density at radius 2 is 0.929 bits per heavy atom. The molecule has 0 aliphatic heterocycles. The highest BCUT2D eigenvalue weighted by Gasteiger charge is 2.29. The summed E-state index contributed by atoms with van der Waals surface area (Å²) in [5.41, 5.74) is -1.60. The number of hydrogen-bond acceptors (Lipinski definition) is 12. The fraction of sp³-hybridized carbons (Fsp3) is 0. The molecule has 56 heavy (non-hydrogen) atoms. The van der Waals surface area contributed by atoms with Crippen LogP contribution in [0, 0.1) is 0 Å². The number of nitrogens with zero attached hydrogens (tertiary/aromatic N) is 2. The van der Waals surface area contributed by atoms with Crippen LogP contribution in [0.2, 0.25) is 20.1 Å². The number of H-pyrrole nitrogens is 4. The molecule has 6 rings (SSSR count). The zero-order valence-electron chi connectivity index (χ0n) is 27.2. The Morgan fingerprint density at radius 1 is 0.571 bits per heavy atom. The monoisotopic (exact) mass is 916 g/mol. The standard InChI is InChI=1S/C30H20Cl4N10O8S4/c31-13-1-5-15(6-2-13)35-25(45)17-9-23(55(49,50)43-27-37-29(47)41-39-27)21(11-19(17)33)53-54-22-12-20(34)18(26(46)36-16-7-3-14(32)4-8-16)10-24(22)56(51,52)44-28-38-30(48)42-40-28/h1-12H,(H,35,45)(H,36,46)(H3,37,39,41,43,47)(H3,38,40,42,44,48). The van der Waals surface area contributed by atoms with Gasteiger partial charge in [-0.2, -0.15) is 0 Å². The minimum atomic E-state index is -4.68. The van der Waals surface area contributed by atoms with Crippen molar-refractivity contribution in [3.8, 4) is 0 Å². The lowest BCUT2D eigenvalue weighted by molar-refractivity contribution is 0.101. The molecule has 18 nitrogen and oxygen atoms in total. The highest BCUT2D eigenvalue weighted by molar-refractivity contribution is 8.76. The molecule has 4 aromatic carbocycles. The molecular weight excluding hydrogens is 898 g/mol. The summed E-state index contributed by atoms with van der Waals surface area (Å²) < 4.78 is 59.3. The first-order valence-corrected chi connectivity index (χ1v) is 21.6. The van der Waals surface area contributed by atoms with E-state index in [4.69, 9.17) is 46.4 Å². The summed E-state index contributed by atoms with van der Waals surface area (Å²) in [7, 11) is -8.01. The third-order valence-electron chi connectivity index (χ3n) is 7.02. The van der Waals surface area contributed by atoms with Gasteiger partial charge in [0.05, 0.1) is 21.2 Å². The van der Waals surface area contributed by atoms with Gasteiger partial charge in [-0.05, 0) is 72.8 Å². The lowest BCUT2D eigenvalue weighted by Crippen LogP contribution is -2.18. The van der Waals surface area contributed by atoms with Gasteiger partial charge in [-0.3, -0.25) is 19.6 Å². The van der Waals surface area contributed by atoms with Crippen LogP contribution in [-0.2, 0) is 20.0 Å². The van der Waals surface area contributed by atoms with Crippen LogP contribution >= 0.6 is 68.0 Å². The lowest BCUT2D eigenvalue weighted by atomic mass is 10.2. The zero-order chi connectivity index (χ0) is 40.4. The van der Waals surface area contributed by atoms with Crippen molar-refractivity contribution in [3.05, 3.63) is 125 Å². The second-order valence-corrected chi connectivity index (χ2v) is 18.1. The summed E-state index contributed by atoms with van der Waals surface area (Å²) in [6.45, 7) is 0. The van der Waals surface area contributed by atoms with Crippen molar-refractivity contribution in [1.29, 1.82) is 0 Å². The van der Waals surface area contributed by atoms with Crippen LogP contribution in [0.1, 0.15) is 20.7 Å². The third kappa shape index (κ3) is 9.70. The van der Waals surface area contributed by atoms with Crippen LogP contribution in [0.25, 0.3) is 0 Å². The number of carbonyl (C=O) groups excluding carboxylic acids is 2.